The lowest BCUT2D eigenvalue weighted by Gasteiger charge is -2.28. The highest BCUT2D eigenvalue weighted by molar-refractivity contribution is 8.26. The third-order valence-corrected chi connectivity index (χ3v) is 5.53. The van der Waals surface area contributed by atoms with E-state index < -0.39 is 23.1 Å². The number of alkyl halides is 1. The Labute approximate surface area is 186 Å². The molecule has 0 aromatic heterocycles. The van der Waals surface area contributed by atoms with Gasteiger partial charge >= 0.3 is 0 Å². The second kappa shape index (κ2) is 9.23. The summed E-state index contributed by atoms with van der Waals surface area (Å²) in [7, 11) is 0. The number of rotatable bonds is 4. The van der Waals surface area contributed by atoms with Crippen LogP contribution in [0, 0.1) is 5.41 Å². The molecule has 0 radical (unpaired) electrons. The molecule has 1 amide bonds. The molecule has 2 unspecified atom stereocenters. The molecule has 0 aliphatic heterocycles. The number of fused-ring (bicyclic) bond motifs is 1. The Balaban J connectivity index is 1.71. The first-order valence-electron chi connectivity index (χ1n) is 9.08. The molecule has 1 aliphatic rings. The lowest BCUT2D eigenvalue weighted by molar-refractivity contribution is -0.115. The molecule has 5 N–H and O–H groups in total. The van der Waals surface area contributed by atoms with Gasteiger partial charge in [-0.05, 0) is 24.3 Å². The maximum absolute atomic E-state index is 12.8. The molecule has 2 aromatic carbocycles. The molecule has 0 fully saturated rings. The van der Waals surface area contributed by atoms with Crippen molar-refractivity contribution in [3.8, 4) is 0 Å². The number of carbonyl (C=O) groups excluding carboxylic acids is 4. The second-order valence-corrected chi connectivity index (χ2v) is 8.43. The number of benzene rings is 2. The van der Waals surface area contributed by atoms with Gasteiger partial charge in [-0.3, -0.25) is 35.3 Å². The van der Waals surface area contributed by atoms with E-state index in [-0.39, 0.29) is 22.3 Å². The van der Waals surface area contributed by atoms with Gasteiger partial charge in [0.15, 0.2) is 16.7 Å². The Morgan fingerprint density at radius 2 is 1.61 bits per heavy atom. The Hall–Kier alpha value is -3.30. The van der Waals surface area contributed by atoms with Crippen LogP contribution < -0.4 is 16.0 Å². The number of amidine groups is 1. The summed E-state index contributed by atoms with van der Waals surface area (Å²) in [5.41, 5.74) is 1.14. The van der Waals surface area contributed by atoms with Crippen LogP contribution in [-0.4, -0.2) is 44.9 Å². The number of amides is 1. The van der Waals surface area contributed by atoms with Crippen molar-refractivity contribution in [2.45, 2.75) is 18.3 Å². The predicted molar refractivity (Wildman–Crippen MR) is 119 cm³/mol. The van der Waals surface area contributed by atoms with E-state index in [1.807, 2.05) is 0 Å². The average molecular weight is 458 g/mol. The van der Waals surface area contributed by atoms with E-state index in [0.717, 1.165) is 11.8 Å². The van der Waals surface area contributed by atoms with Gasteiger partial charge in [0.2, 0.25) is 5.04 Å². The highest BCUT2D eigenvalue weighted by atomic mass is 35.5. The molecule has 31 heavy (non-hydrogen) atoms. The SMILES string of the molecule is CC(=[NH2+])SC(=N)NC(=O)C(=O)c1ccc(NC2C(=O)c3ccccc3C(=O)C2Cl)cc1. The van der Waals surface area contributed by atoms with Crippen molar-refractivity contribution in [2.24, 2.45) is 0 Å². The number of hydrogen-bond acceptors (Lipinski definition) is 7. The minimum Gasteiger partial charge on any atom is -0.373 e. The molecule has 158 valence electrons. The quantitative estimate of drug-likeness (QED) is 0.179. The zero-order valence-corrected chi connectivity index (χ0v) is 17.8. The maximum Gasteiger partial charge on any atom is 0.298 e. The van der Waals surface area contributed by atoms with Crippen LogP contribution >= 0.6 is 23.4 Å². The summed E-state index contributed by atoms with van der Waals surface area (Å²) in [5, 5.41) is 17.1. The molecule has 10 heteroatoms. The van der Waals surface area contributed by atoms with E-state index in [9.17, 15) is 19.2 Å². The maximum atomic E-state index is 12.8. The summed E-state index contributed by atoms with van der Waals surface area (Å²) in [4.78, 5) is 49.5. The standard InChI is InChI=1S/C21H17ClN4O4S/c1-10(23)31-21(24)26-20(30)17(27)11-6-8-12(9-7-11)25-16-15(22)18(28)13-4-2-3-5-14(13)19(16)29/h2-9,15-16,23,25H,1H3,(H2,24,26,30)/p+1. The summed E-state index contributed by atoms with van der Waals surface area (Å²) >= 11 is 7.07. The molecule has 3 rings (SSSR count). The van der Waals surface area contributed by atoms with Crippen molar-refractivity contribution in [3.05, 3.63) is 65.2 Å². The Bertz CT molecular complexity index is 1120. The predicted octanol–water partition coefficient (Wildman–Crippen LogP) is 1.30. The van der Waals surface area contributed by atoms with Crippen molar-refractivity contribution >= 4 is 62.5 Å². The Morgan fingerprint density at radius 1 is 1.03 bits per heavy atom. The topological polar surface area (TPSA) is 142 Å². The molecular formula is C21H18ClN4O4S+. The van der Waals surface area contributed by atoms with Gasteiger partial charge in [0.05, 0.1) is 0 Å². The number of hydrogen-bond donors (Lipinski definition) is 4. The second-order valence-electron chi connectivity index (χ2n) is 6.70. The van der Waals surface area contributed by atoms with Gasteiger partial charge in [0.1, 0.15) is 11.4 Å². The molecule has 0 heterocycles. The summed E-state index contributed by atoms with van der Waals surface area (Å²) in [6.45, 7) is 1.56. The van der Waals surface area contributed by atoms with Gasteiger partial charge in [-0.25, -0.2) is 0 Å². The van der Waals surface area contributed by atoms with Crippen LogP contribution in [0.15, 0.2) is 48.5 Å². The number of anilines is 1. The summed E-state index contributed by atoms with van der Waals surface area (Å²) in [6.07, 6.45) is 0. The molecular weight excluding hydrogens is 440 g/mol. The van der Waals surface area contributed by atoms with E-state index in [2.05, 4.69) is 10.6 Å². The normalized spacial score (nSPS) is 17.5. The van der Waals surface area contributed by atoms with Crippen LogP contribution in [0.5, 0.6) is 0 Å². The lowest BCUT2D eigenvalue weighted by Crippen LogP contribution is -2.46. The number of nitrogens with one attached hydrogen (secondary N) is 3. The van der Waals surface area contributed by atoms with Crippen molar-refractivity contribution in [3.63, 3.8) is 0 Å². The summed E-state index contributed by atoms with van der Waals surface area (Å²) in [6, 6.07) is 11.3. The fourth-order valence-electron chi connectivity index (χ4n) is 3.03. The minimum absolute atomic E-state index is 0.0908. The van der Waals surface area contributed by atoms with Crippen molar-refractivity contribution < 1.29 is 24.6 Å². The first-order valence-corrected chi connectivity index (χ1v) is 10.3. The smallest absolute Gasteiger partial charge is 0.298 e. The van der Waals surface area contributed by atoms with Crippen molar-refractivity contribution in [2.75, 3.05) is 5.32 Å². The van der Waals surface area contributed by atoms with Gasteiger partial charge in [-0.15, -0.1) is 11.6 Å². The zero-order chi connectivity index (χ0) is 22.7. The number of nitrogens with two attached hydrogens (primary N) is 1. The molecule has 0 spiro atoms. The molecule has 2 aromatic rings. The number of halogens is 1. The number of thioether (sulfide) groups is 1. The minimum atomic E-state index is -1.08. The monoisotopic (exact) mass is 457 g/mol. The first-order chi connectivity index (χ1) is 14.7. The van der Waals surface area contributed by atoms with Crippen LogP contribution in [0.1, 0.15) is 38.0 Å². The molecule has 8 nitrogen and oxygen atoms in total. The third-order valence-electron chi connectivity index (χ3n) is 4.45. The Kier molecular flexibility index (Phi) is 6.67. The van der Waals surface area contributed by atoms with Gasteiger partial charge in [0.25, 0.3) is 11.7 Å². The van der Waals surface area contributed by atoms with Crippen LogP contribution in [-0.2, 0) is 4.79 Å². The van der Waals surface area contributed by atoms with Crippen LogP contribution in [0.3, 0.4) is 0 Å². The number of Topliss-reactive ketones (excluding diaryl/α,β-unsaturated/α-hetero) is 3. The zero-order valence-electron chi connectivity index (χ0n) is 16.3. The largest absolute Gasteiger partial charge is 0.373 e. The third kappa shape index (κ3) is 4.89. The summed E-state index contributed by atoms with van der Waals surface area (Å²) in [5.74, 6) is -2.45. The molecule has 1 aliphatic carbocycles. The van der Waals surface area contributed by atoms with E-state index in [1.165, 1.54) is 24.3 Å². The lowest BCUT2D eigenvalue weighted by atomic mass is 9.85. The Morgan fingerprint density at radius 3 is 2.19 bits per heavy atom. The fourth-order valence-corrected chi connectivity index (χ4v) is 3.79. The van der Waals surface area contributed by atoms with E-state index >= 15 is 0 Å². The number of carbonyl (C=O) groups is 4. The van der Waals surface area contributed by atoms with Crippen LogP contribution in [0.25, 0.3) is 0 Å². The van der Waals surface area contributed by atoms with Crippen molar-refractivity contribution in [1.29, 1.82) is 5.41 Å². The van der Waals surface area contributed by atoms with Crippen LogP contribution in [0.2, 0.25) is 0 Å². The van der Waals surface area contributed by atoms with E-state index in [4.69, 9.17) is 22.4 Å². The van der Waals surface area contributed by atoms with Crippen LogP contribution in [0.4, 0.5) is 5.69 Å². The molecule has 0 saturated heterocycles. The average Bonchev–Trinajstić information content (AvgIpc) is 2.74. The highest BCUT2D eigenvalue weighted by Crippen LogP contribution is 2.27. The highest BCUT2D eigenvalue weighted by Gasteiger charge is 2.40. The molecule has 0 bridgehead atoms. The fraction of sp³-hybridized carbons (Fsp3) is 0.143. The van der Waals surface area contributed by atoms with Gasteiger partial charge in [0, 0.05) is 41.1 Å². The summed E-state index contributed by atoms with van der Waals surface area (Å²) < 4.78 is 0. The van der Waals surface area contributed by atoms with E-state index in [0.29, 0.717) is 21.9 Å². The van der Waals surface area contributed by atoms with Gasteiger partial charge < -0.3 is 5.32 Å². The first kappa shape index (κ1) is 22.4. The number of ketones is 3. The van der Waals surface area contributed by atoms with E-state index in [1.54, 1.807) is 31.2 Å². The van der Waals surface area contributed by atoms with Gasteiger partial charge in [-0.1, -0.05) is 24.3 Å². The van der Waals surface area contributed by atoms with Gasteiger partial charge in [-0.2, -0.15) is 0 Å². The molecule has 0 saturated carbocycles. The molecule has 2 atom stereocenters. The van der Waals surface area contributed by atoms with Crippen molar-refractivity contribution in [1.82, 2.24) is 5.32 Å².